The van der Waals surface area contributed by atoms with Crippen LogP contribution < -0.4 is 11.1 Å². The molecule has 2 saturated heterocycles. The lowest BCUT2D eigenvalue weighted by Gasteiger charge is -2.47. The summed E-state index contributed by atoms with van der Waals surface area (Å²) in [6.07, 6.45) is 8.34. The smallest absolute Gasteiger partial charge is 0.171 e. The second-order valence-electron chi connectivity index (χ2n) is 5.82. The van der Waals surface area contributed by atoms with Crippen LogP contribution in [0.1, 0.15) is 32.1 Å². The zero-order chi connectivity index (χ0) is 12.7. The number of anilines is 2. The molecule has 2 bridgehead atoms. The van der Waals surface area contributed by atoms with Crippen LogP contribution in [0.3, 0.4) is 0 Å². The van der Waals surface area contributed by atoms with E-state index in [1.54, 1.807) is 4.68 Å². The predicted molar refractivity (Wildman–Crippen MR) is 73.5 cm³/mol. The van der Waals surface area contributed by atoms with Gasteiger partial charge in [0.05, 0.1) is 5.69 Å². The molecule has 1 aromatic rings. The molecule has 0 amide bonds. The van der Waals surface area contributed by atoms with Crippen molar-refractivity contribution in [3.8, 4) is 0 Å². The average molecular weight is 249 g/mol. The zero-order valence-electron chi connectivity index (χ0n) is 11.3. The van der Waals surface area contributed by atoms with E-state index in [2.05, 4.69) is 22.4 Å². The van der Waals surface area contributed by atoms with E-state index in [9.17, 15) is 0 Å². The standard InChI is InChI=1S/C13H23N5/c1-17-8-12(14)13(16-17)15-9-6-10-4-3-5-11(7-9)18(10)2/h8-11H,3-7,14H2,1-2H3,(H,15,16). The summed E-state index contributed by atoms with van der Waals surface area (Å²) in [6, 6.07) is 1.99. The number of nitrogens with zero attached hydrogens (tertiary/aromatic N) is 3. The molecule has 2 atom stereocenters. The van der Waals surface area contributed by atoms with E-state index >= 15 is 0 Å². The molecule has 0 saturated carbocycles. The van der Waals surface area contributed by atoms with E-state index in [1.165, 1.54) is 32.1 Å². The third-order valence-electron chi connectivity index (χ3n) is 4.54. The summed E-state index contributed by atoms with van der Waals surface area (Å²) in [6.45, 7) is 0. The Morgan fingerprint density at radius 1 is 1.28 bits per heavy atom. The highest BCUT2D eigenvalue weighted by Crippen LogP contribution is 2.34. The van der Waals surface area contributed by atoms with Crippen LogP contribution in [-0.2, 0) is 7.05 Å². The first-order valence-corrected chi connectivity index (χ1v) is 6.91. The minimum Gasteiger partial charge on any atom is -0.394 e. The number of nitrogens with two attached hydrogens (primary N) is 1. The van der Waals surface area contributed by atoms with Crippen molar-refractivity contribution in [2.75, 3.05) is 18.1 Å². The second-order valence-corrected chi connectivity index (χ2v) is 5.82. The van der Waals surface area contributed by atoms with Gasteiger partial charge in [0.2, 0.25) is 0 Å². The molecule has 2 unspecified atom stereocenters. The lowest BCUT2D eigenvalue weighted by Crippen LogP contribution is -2.52. The van der Waals surface area contributed by atoms with Gasteiger partial charge in [-0.15, -0.1) is 0 Å². The van der Waals surface area contributed by atoms with Crippen LogP contribution in [0.5, 0.6) is 0 Å². The fourth-order valence-corrected chi connectivity index (χ4v) is 3.55. The fraction of sp³-hybridized carbons (Fsp3) is 0.769. The molecule has 0 spiro atoms. The van der Waals surface area contributed by atoms with E-state index in [1.807, 2.05) is 13.2 Å². The maximum Gasteiger partial charge on any atom is 0.171 e. The summed E-state index contributed by atoms with van der Waals surface area (Å²) >= 11 is 0. The highest BCUT2D eigenvalue weighted by Gasteiger charge is 2.36. The number of hydrogen-bond acceptors (Lipinski definition) is 4. The van der Waals surface area contributed by atoms with Crippen molar-refractivity contribution in [2.24, 2.45) is 7.05 Å². The van der Waals surface area contributed by atoms with Crippen LogP contribution in [0.25, 0.3) is 0 Å². The van der Waals surface area contributed by atoms with E-state index < -0.39 is 0 Å². The predicted octanol–water partition coefficient (Wildman–Crippen LogP) is 1.43. The number of aryl methyl sites for hydroxylation is 1. The first-order valence-electron chi connectivity index (χ1n) is 6.91. The normalized spacial score (nSPS) is 32.4. The molecule has 5 heteroatoms. The first kappa shape index (κ1) is 11.8. The summed E-state index contributed by atoms with van der Waals surface area (Å²) in [5, 5.41) is 7.92. The number of piperidine rings is 2. The van der Waals surface area contributed by atoms with Gasteiger partial charge in [-0.25, -0.2) is 0 Å². The van der Waals surface area contributed by atoms with Gasteiger partial charge < -0.3 is 16.0 Å². The molecule has 0 aromatic carbocycles. The molecule has 0 radical (unpaired) electrons. The van der Waals surface area contributed by atoms with Crippen molar-refractivity contribution in [3.05, 3.63) is 6.20 Å². The van der Waals surface area contributed by atoms with Gasteiger partial charge in [0.15, 0.2) is 5.82 Å². The highest BCUT2D eigenvalue weighted by molar-refractivity contribution is 5.60. The molecule has 3 N–H and O–H groups in total. The van der Waals surface area contributed by atoms with Gasteiger partial charge in [0, 0.05) is 31.4 Å². The van der Waals surface area contributed by atoms with Gasteiger partial charge in [-0.2, -0.15) is 5.10 Å². The van der Waals surface area contributed by atoms with Crippen LogP contribution in [0.2, 0.25) is 0 Å². The van der Waals surface area contributed by atoms with Gasteiger partial charge in [0.1, 0.15) is 0 Å². The van der Waals surface area contributed by atoms with Crippen molar-refractivity contribution in [1.29, 1.82) is 0 Å². The van der Waals surface area contributed by atoms with Crippen molar-refractivity contribution < 1.29 is 0 Å². The second kappa shape index (κ2) is 4.46. The number of nitrogens with one attached hydrogen (secondary N) is 1. The number of aromatic nitrogens is 2. The average Bonchev–Trinajstić information content (AvgIpc) is 2.59. The zero-order valence-corrected chi connectivity index (χ0v) is 11.3. The topological polar surface area (TPSA) is 59.1 Å². The van der Waals surface area contributed by atoms with E-state index in [4.69, 9.17) is 5.73 Å². The van der Waals surface area contributed by atoms with E-state index in [0.29, 0.717) is 6.04 Å². The maximum absolute atomic E-state index is 5.95. The summed E-state index contributed by atoms with van der Waals surface area (Å²) in [5.41, 5.74) is 6.70. The monoisotopic (exact) mass is 249 g/mol. The molecule has 2 aliphatic rings. The van der Waals surface area contributed by atoms with Crippen molar-refractivity contribution >= 4 is 11.5 Å². The number of nitrogen functional groups attached to an aromatic ring is 1. The van der Waals surface area contributed by atoms with Gasteiger partial charge >= 0.3 is 0 Å². The molecule has 2 fully saturated rings. The minimum atomic E-state index is 0.522. The van der Waals surface area contributed by atoms with Gasteiger partial charge in [-0.05, 0) is 32.7 Å². The number of hydrogen-bond donors (Lipinski definition) is 2. The highest BCUT2D eigenvalue weighted by atomic mass is 15.3. The van der Waals surface area contributed by atoms with Gasteiger partial charge in [0.25, 0.3) is 0 Å². The van der Waals surface area contributed by atoms with E-state index in [-0.39, 0.29) is 0 Å². The van der Waals surface area contributed by atoms with Gasteiger partial charge in [-0.1, -0.05) is 6.42 Å². The fourth-order valence-electron chi connectivity index (χ4n) is 3.55. The molecule has 1 aromatic heterocycles. The number of rotatable bonds is 2. The molecule has 100 valence electrons. The van der Waals surface area contributed by atoms with Gasteiger partial charge in [-0.3, -0.25) is 4.68 Å². The Hall–Kier alpha value is -1.23. The largest absolute Gasteiger partial charge is 0.394 e. The quantitative estimate of drug-likeness (QED) is 0.832. The van der Waals surface area contributed by atoms with Crippen molar-refractivity contribution in [2.45, 2.75) is 50.2 Å². The van der Waals surface area contributed by atoms with Crippen molar-refractivity contribution in [1.82, 2.24) is 14.7 Å². The van der Waals surface area contributed by atoms with Crippen LogP contribution in [0.15, 0.2) is 6.20 Å². The maximum atomic E-state index is 5.95. The molecule has 3 rings (SSSR count). The summed E-state index contributed by atoms with van der Waals surface area (Å²) in [4.78, 5) is 2.57. The van der Waals surface area contributed by atoms with Crippen LogP contribution in [0, 0.1) is 0 Å². The Morgan fingerprint density at radius 2 is 1.94 bits per heavy atom. The Morgan fingerprint density at radius 3 is 2.50 bits per heavy atom. The summed E-state index contributed by atoms with van der Waals surface area (Å²) in [7, 11) is 4.19. The molecule has 0 aliphatic carbocycles. The SMILES string of the molecule is CN1C2CCCC1CC(Nc1nn(C)cc1N)C2. The Kier molecular flexibility index (Phi) is 2.93. The molecule has 5 nitrogen and oxygen atoms in total. The lowest BCUT2D eigenvalue weighted by atomic mass is 9.82. The van der Waals surface area contributed by atoms with Crippen molar-refractivity contribution in [3.63, 3.8) is 0 Å². The third-order valence-corrected chi connectivity index (χ3v) is 4.54. The van der Waals surface area contributed by atoms with Crippen LogP contribution in [-0.4, -0.2) is 39.9 Å². The molecule has 18 heavy (non-hydrogen) atoms. The molecular weight excluding hydrogens is 226 g/mol. The van der Waals surface area contributed by atoms with Crippen LogP contribution >= 0.6 is 0 Å². The summed E-state index contributed by atoms with van der Waals surface area (Å²) < 4.78 is 1.77. The Bertz CT molecular complexity index is 413. The summed E-state index contributed by atoms with van der Waals surface area (Å²) in [5.74, 6) is 0.852. The lowest BCUT2D eigenvalue weighted by molar-refractivity contribution is 0.0608. The van der Waals surface area contributed by atoms with Crippen LogP contribution in [0.4, 0.5) is 11.5 Å². The molecule has 3 heterocycles. The minimum absolute atomic E-state index is 0.522. The number of fused-ring (bicyclic) bond motifs is 2. The third kappa shape index (κ3) is 2.07. The Balaban J connectivity index is 1.69. The van der Waals surface area contributed by atoms with E-state index in [0.717, 1.165) is 23.6 Å². The molecule has 2 aliphatic heterocycles. The Labute approximate surface area is 108 Å². The first-order chi connectivity index (χ1) is 8.63. The molecular formula is C13H23N5.